The molecule has 0 unspecified atom stereocenters. The number of methoxy groups -OCH3 is 4. The molecule has 0 aliphatic heterocycles. The van der Waals surface area contributed by atoms with Crippen molar-refractivity contribution in [2.45, 2.75) is 0 Å². The zero-order chi connectivity index (χ0) is 21.7. The topological polar surface area (TPSA) is 152 Å². The summed E-state index contributed by atoms with van der Waals surface area (Å²) in [6.07, 6.45) is 0. The van der Waals surface area contributed by atoms with Gasteiger partial charge in [0.2, 0.25) is 5.75 Å². The molecule has 0 fully saturated rings. The number of ether oxygens (including phenoxy) is 4. The SMILES string of the molecule is COc1cc(C(=O)Nc2cc([N+](=O)[O-])c(OC)c([N+](=O)[O-])c2)cc(OC)c1OC. The van der Waals surface area contributed by atoms with Crippen molar-refractivity contribution in [3.05, 3.63) is 50.1 Å². The fraction of sp³-hybridized carbons (Fsp3) is 0.235. The van der Waals surface area contributed by atoms with Gasteiger partial charge in [0.1, 0.15) is 0 Å². The van der Waals surface area contributed by atoms with E-state index < -0.39 is 32.9 Å². The fourth-order valence-electron chi connectivity index (χ4n) is 2.57. The summed E-state index contributed by atoms with van der Waals surface area (Å²) in [5, 5.41) is 24.9. The minimum Gasteiger partial charge on any atom is -0.493 e. The van der Waals surface area contributed by atoms with E-state index >= 15 is 0 Å². The van der Waals surface area contributed by atoms with Crippen LogP contribution in [0.25, 0.3) is 0 Å². The molecule has 29 heavy (non-hydrogen) atoms. The first-order chi connectivity index (χ1) is 13.8. The molecule has 0 aliphatic rings. The molecular weight excluding hydrogens is 390 g/mol. The minimum absolute atomic E-state index is 0.0700. The van der Waals surface area contributed by atoms with Crippen LogP contribution in [-0.2, 0) is 0 Å². The van der Waals surface area contributed by atoms with Crippen LogP contribution in [0.3, 0.4) is 0 Å². The van der Waals surface area contributed by atoms with Crippen molar-refractivity contribution in [2.75, 3.05) is 33.8 Å². The number of amides is 1. The summed E-state index contributed by atoms with van der Waals surface area (Å²) in [7, 11) is 5.21. The number of anilines is 1. The van der Waals surface area contributed by atoms with Crippen LogP contribution in [-0.4, -0.2) is 44.2 Å². The second-order valence-corrected chi connectivity index (χ2v) is 5.43. The minimum atomic E-state index is -0.846. The Morgan fingerprint density at radius 1 is 0.793 bits per heavy atom. The predicted octanol–water partition coefficient (Wildman–Crippen LogP) is 2.79. The summed E-state index contributed by atoms with van der Waals surface area (Å²) >= 11 is 0. The first-order valence-corrected chi connectivity index (χ1v) is 7.89. The van der Waals surface area contributed by atoms with Gasteiger partial charge in [-0.15, -0.1) is 0 Å². The van der Waals surface area contributed by atoms with Crippen molar-refractivity contribution in [1.29, 1.82) is 0 Å². The summed E-state index contributed by atoms with van der Waals surface area (Å²) in [6, 6.07) is 4.65. The average molecular weight is 407 g/mol. The zero-order valence-corrected chi connectivity index (χ0v) is 15.9. The highest BCUT2D eigenvalue weighted by Crippen LogP contribution is 2.40. The maximum absolute atomic E-state index is 12.6. The van der Waals surface area contributed by atoms with Crippen LogP contribution >= 0.6 is 0 Å². The number of benzene rings is 2. The van der Waals surface area contributed by atoms with Crippen LogP contribution in [0.5, 0.6) is 23.0 Å². The van der Waals surface area contributed by atoms with Crippen molar-refractivity contribution in [1.82, 2.24) is 0 Å². The Hall–Kier alpha value is -4.09. The van der Waals surface area contributed by atoms with Gasteiger partial charge in [-0.05, 0) is 12.1 Å². The van der Waals surface area contributed by atoms with E-state index in [1.54, 1.807) is 0 Å². The lowest BCUT2D eigenvalue weighted by molar-refractivity contribution is -0.395. The van der Waals surface area contributed by atoms with Gasteiger partial charge in [0, 0.05) is 17.7 Å². The standard InChI is InChI=1S/C17H17N3O9/c1-26-13-5-9(6-14(27-2)16(13)29-4)17(21)18-10-7-11(19(22)23)15(28-3)12(8-10)20(24)25/h5-8H,1-4H3,(H,18,21). The summed E-state index contributed by atoms with van der Waals surface area (Å²) in [5.74, 6) is -0.543. The van der Waals surface area contributed by atoms with Crippen LogP contribution in [0.2, 0.25) is 0 Å². The fourth-order valence-corrected chi connectivity index (χ4v) is 2.57. The van der Waals surface area contributed by atoms with Crippen LogP contribution in [0.4, 0.5) is 17.1 Å². The smallest absolute Gasteiger partial charge is 0.320 e. The van der Waals surface area contributed by atoms with Gasteiger partial charge in [-0.25, -0.2) is 0 Å². The van der Waals surface area contributed by atoms with Crippen LogP contribution in [0, 0.1) is 20.2 Å². The number of nitrogens with one attached hydrogen (secondary N) is 1. The van der Waals surface area contributed by atoms with E-state index in [1.165, 1.54) is 33.5 Å². The van der Waals surface area contributed by atoms with Crippen molar-refractivity contribution in [3.8, 4) is 23.0 Å². The first-order valence-electron chi connectivity index (χ1n) is 7.89. The second-order valence-electron chi connectivity index (χ2n) is 5.43. The zero-order valence-electron chi connectivity index (χ0n) is 15.9. The third-order valence-electron chi connectivity index (χ3n) is 3.83. The molecule has 2 aromatic carbocycles. The van der Waals surface area contributed by atoms with Crippen molar-refractivity contribution in [2.24, 2.45) is 0 Å². The van der Waals surface area contributed by atoms with Gasteiger partial charge < -0.3 is 24.3 Å². The number of carbonyl (C=O) groups is 1. The van der Waals surface area contributed by atoms with E-state index in [0.29, 0.717) is 0 Å². The van der Waals surface area contributed by atoms with Crippen molar-refractivity contribution >= 4 is 23.0 Å². The van der Waals surface area contributed by atoms with Gasteiger partial charge in [-0.2, -0.15) is 0 Å². The molecule has 2 aromatic rings. The Bertz CT molecular complexity index is 915. The highest BCUT2D eigenvalue weighted by Gasteiger charge is 2.28. The Morgan fingerprint density at radius 3 is 1.59 bits per heavy atom. The lowest BCUT2D eigenvalue weighted by Gasteiger charge is -2.14. The first kappa shape index (κ1) is 21.2. The molecule has 0 bridgehead atoms. The van der Waals surface area contributed by atoms with E-state index in [0.717, 1.165) is 19.2 Å². The third kappa shape index (κ3) is 4.26. The summed E-state index contributed by atoms with van der Waals surface area (Å²) in [4.78, 5) is 33.4. The molecule has 0 aliphatic carbocycles. The molecule has 0 atom stereocenters. The third-order valence-corrected chi connectivity index (χ3v) is 3.83. The van der Waals surface area contributed by atoms with Gasteiger partial charge in [-0.1, -0.05) is 0 Å². The van der Waals surface area contributed by atoms with Gasteiger partial charge in [-0.3, -0.25) is 25.0 Å². The number of nitro groups is 2. The summed E-state index contributed by atoms with van der Waals surface area (Å²) in [5.41, 5.74) is -1.42. The number of hydrogen-bond acceptors (Lipinski definition) is 9. The number of hydrogen-bond donors (Lipinski definition) is 1. The summed E-state index contributed by atoms with van der Waals surface area (Å²) < 4.78 is 20.3. The average Bonchev–Trinajstić information content (AvgIpc) is 2.71. The molecule has 0 spiro atoms. The Morgan fingerprint density at radius 2 is 1.24 bits per heavy atom. The molecule has 0 aromatic heterocycles. The number of rotatable bonds is 8. The molecule has 2 rings (SSSR count). The Labute approximate surface area is 164 Å². The van der Waals surface area contributed by atoms with Crippen LogP contribution in [0.15, 0.2) is 24.3 Å². The molecule has 12 nitrogen and oxygen atoms in total. The lowest BCUT2D eigenvalue weighted by atomic mass is 10.1. The van der Waals surface area contributed by atoms with Gasteiger partial charge in [0.15, 0.2) is 11.5 Å². The molecular formula is C17H17N3O9. The maximum Gasteiger partial charge on any atom is 0.320 e. The van der Waals surface area contributed by atoms with Crippen LogP contribution in [0.1, 0.15) is 10.4 Å². The molecule has 1 amide bonds. The molecule has 0 saturated carbocycles. The Kier molecular flexibility index (Phi) is 6.39. The molecule has 0 saturated heterocycles. The largest absolute Gasteiger partial charge is 0.493 e. The maximum atomic E-state index is 12.6. The molecule has 154 valence electrons. The van der Waals surface area contributed by atoms with Gasteiger partial charge in [0.05, 0.1) is 44.0 Å². The van der Waals surface area contributed by atoms with E-state index in [9.17, 15) is 25.0 Å². The highest BCUT2D eigenvalue weighted by atomic mass is 16.6. The number of carbonyl (C=O) groups excluding carboxylic acids is 1. The molecule has 1 N–H and O–H groups in total. The van der Waals surface area contributed by atoms with Crippen LogP contribution < -0.4 is 24.3 Å². The van der Waals surface area contributed by atoms with E-state index in [4.69, 9.17) is 18.9 Å². The van der Waals surface area contributed by atoms with E-state index in [1.807, 2.05) is 0 Å². The molecule has 12 heteroatoms. The normalized spacial score (nSPS) is 10.1. The number of nitro benzene ring substituents is 2. The molecule has 0 radical (unpaired) electrons. The van der Waals surface area contributed by atoms with E-state index in [2.05, 4.69) is 5.32 Å². The monoisotopic (exact) mass is 407 g/mol. The second kappa shape index (κ2) is 8.73. The van der Waals surface area contributed by atoms with Gasteiger partial charge in [0.25, 0.3) is 11.7 Å². The van der Waals surface area contributed by atoms with Crippen molar-refractivity contribution < 1.29 is 33.6 Å². The van der Waals surface area contributed by atoms with Crippen molar-refractivity contribution in [3.63, 3.8) is 0 Å². The predicted molar refractivity (Wildman–Crippen MR) is 100 cm³/mol. The quantitative estimate of drug-likeness (QED) is 0.514. The molecule has 0 heterocycles. The van der Waals surface area contributed by atoms with Gasteiger partial charge >= 0.3 is 11.4 Å². The summed E-state index contributed by atoms with van der Waals surface area (Å²) in [6.45, 7) is 0. The Balaban J connectivity index is 2.50. The lowest BCUT2D eigenvalue weighted by Crippen LogP contribution is -2.13. The van der Waals surface area contributed by atoms with E-state index in [-0.39, 0.29) is 28.5 Å². The number of nitrogens with zero attached hydrogens (tertiary/aromatic N) is 2. The highest BCUT2D eigenvalue weighted by molar-refractivity contribution is 6.05.